The Morgan fingerprint density at radius 1 is 1.04 bits per heavy atom. The van der Waals surface area contributed by atoms with Crippen LogP contribution in [-0.2, 0) is 17.6 Å². The van der Waals surface area contributed by atoms with Gasteiger partial charge in [-0.05, 0) is 68.9 Å². The number of amides is 1. The zero-order chi connectivity index (χ0) is 18.4. The van der Waals surface area contributed by atoms with Crippen molar-refractivity contribution in [2.45, 2.75) is 51.7 Å². The summed E-state index contributed by atoms with van der Waals surface area (Å²) < 4.78 is 11.7. The number of hydrogen-bond acceptors (Lipinski definition) is 3. The summed E-state index contributed by atoms with van der Waals surface area (Å²) in [6, 6.07) is 15.6. The van der Waals surface area contributed by atoms with Crippen LogP contribution in [0.4, 0.5) is 0 Å². The van der Waals surface area contributed by atoms with Crippen LogP contribution in [0.5, 0.6) is 11.5 Å². The lowest BCUT2D eigenvalue weighted by Gasteiger charge is -2.23. The molecular formula is C22H27NO3. The normalized spacial score (nSPS) is 15.5. The Labute approximate surface area is 155 Å². The summed E-state index contributed by atoms with van der Waals surface area (Å²) in [4.78, 5) is 12.4. The molecule has 0 fully saturated rings. The monoisotopic (exact) mass is 353 g/mol. The predicted molar refractivity (Wildman–Crippen MR) is 103 cm³/mol. The number of para-hydroxylation sites is 1. The Bertz CT molecular complexity index is 729. The van der Waals surface area contributed by atoms with E-state index in [9.17, 15) is 4.79 Å². The van der Waals surface area contributed by atoms with E-state index in [1.165, 1.54) is 24.0 Å². The summed E-state index contributed by atoms with van der Waals surface area (Å²) in [7, 11) is 0. The second-order valence-electron chi connectivity index (χ2n) is 6.89. The van der Waals surface area contributed by atoms with Crippen molar-refractivity contribution >= 4 is 5.91 Å². The fraction of sp³-hybridized carbons (Fsp3) is 0.409. The lowest BCUT2D eigenvalue weighted by atomic mass is 9.91. The molecule has 0 aliphatic heterocycles. The molecule has 2 atom stereocenters. The molecule has 2 aromatic rings. The number of ether oxygens (including phenoxy) is 2. The first-order valence-corrected chi connectivity index (χ1v) is 9.39. The summed E-state index contributed by atoms with van der Waals surface area (Å²) in [5.41, 5.74) is 2.62. The maximum atomic E-state index is 12.4. The molecule has 0 spiro atoms. The average Bonchev–Trinajstić information content (AvgIpc) is 2.67. The predicted octanol–water partition coefficient (Wildman–Crippen LogP) is 3.92. The Hall–Kier alpha value is -2.49. The summed E-state index contributed by atoms with van der Waals surface area (Å²) in [5.74, 6) is 1.52. The van der Waals surface area contributed by atoms with Crippen LogP contribution in [0, 0.1) is 0 Å². The van der Waals surface area contributed by atoms with Gasteiger partial charge in [-0.15, -0.1) is 0 Å². The highest BCUT2D eigenvalue weighted by molar-refractivity contribution is 5.81. The summed E-state index contributed by atoms with van der Waals surface area (Å²) in [6.07, 6.45) is 4.00. The molecule has 0 saturated carbocycles. The SMILES string of the molecule is C[C@H](COc1ccccc1)NC(=O)[C@H](C)Oc1cccc2c1CCCC2. The van der Waals surface area contributed by atoms with Gasteiger partial charge in [0.25, 0.3) is 5.91 Å². The molecule has 1 amide bonds. The van der Waals surface area contributed by atoms with Crippen LogP contribution in [-0.4, -0.2) is 24.7 Å². The van der Waals surface area contributed by atoms with Crippen molar-refractivity contribution in [1.82, 2.24) is 5.32 Å². The molecule has 1 aliphatic rings. The smallest absolute Gasteiger partial charge is 0.261 e. The van der Waals surface area contributed by atoms with Crippen LogP contribution in [0.1, 0.15) is 37.8 Å². The number of carbonyl (C=O) groups excluding carboxylic acids is 1. The molecule has 0 saturated heterocycles. The first-order valence-electron chi connectivity index (χ1n) is 9.39. The number of nitrogens with one attached hydrogen (secondary N) is 1. The highest BCUT2D eigenvalue weighted by Gasteiger charge is 2.20. The van der Waals surface area contributed by atoms with Crippen molar-refractivity contribution in [3.05, 3.63) is 59.7 Å². The standard InChI is InChI=1S/C22H27NO3/c1-16(15-25-19-11-4-3-5-12-19)23-22(24)17(2)26-21-14-8-10-18-9-6-7-13-20(18)21/h3-5,8,10-12,14,16-17H,6-7,9,13,15H2,1-2H3,(H,23,24)/t16-,17+/m1/s1. The fourth-order valence-corrected chi connectivity index (χ4v) is 3.24. The molecule has 138 valence electrons. The topological polar surface area (TPSA) is 47.6 Å². The van der Waals surface area contributed by atoms with Gasteiger partial charge >= 0.3 is 0 Å². The van der Waals surface area contributed by atoms with Gasteiger partial charge in [-0.25, -0.2) is 0 Å². The van der Waals surface area contributed by atoms with E-state index in [1.807, 2.05) is 49.4 Å². The first kappa shape index (κ1) is 18.3. The van der Waals surface area contributed by atoms with Gasteiger partial charge in [0, 0.05) is 0 Å². The minimum Gasteiger partial charge on any atom is -0.491 e. The van der Waals surface area contributed by atoms with E-state index in [1.54, 1.807) is 6.92 Å². The van der Waals surface area contributed by atoms with Gasteiger partial charge in [-0.3, -0.25) is 4.79 Å². The number of fused-ring (bicyclic) bond motifs is 1. The van der Waals surface area contributed by atoms with Gasteiger partial charge in [-0.2, -0.15) is 0 Å². The van der Waals surface area contributed by atoms with E-state index in [0.717, 1.165) is 24.3 Å². The van der Waals surface area contributed by atoms with Gasteiger partial charge in [0.1, 0.15) is 18.1 Å². The maximum absolute atomic E-state index is 12.4. The maximum Gasteiger partial charge on any atom is 0.261 e. The molecule has 2 aromatic carbocycles. The lowest BCUT2D eigenvalue weighted by molar-refractivity contribution is -0.128. The lowest BCUT2D eigenvalue weighted by Crippen LogP contribution is -2.43. The van der Waals surface area contributed by atoms with Gasteiger partial charge in [-0.1, -0.05) is 30.3 Å². The third-order valence-corrected chi connectivity index (χ3v) is 4.66. The second-order valence-corrected chi connectivity index (χ2v) is 6.89. The quantitative estimate of drug-likeness (QED) is 0.821. The molecule has 26 heavy (non-hydrogen) atoms. The molecule has 3 rings (SSSR count). The Kier molecular flexibility index (Phi) is 6.16. The number of carbonyl (C=O) groups is 1. The van der Waals surface area contributed by atoms with Crippen LogP contribution in [0.25, 0.3) is 0 Å². The molecule has 0 bridgehead atoms. The molecule has 4 nitrogen and oxygen atoms in total. The van der Waals surface area contributed by atoms with E-state index in [4.69, 9.17) is 9.47 Å². The molecule has 0 radical (unpaired) electrons. The van der Waals surface area contributed by atoms with E-state index in [0.29, 0.717) is 6.61 Å². The minimum atomic E-state index is -0.539. The number of aryl methyl sites for hydroxylation is 1. The average molecular weight is 353 g/mol. The van der Waals surface area contributed by atoms with Crippen molar-refractivity contribution in [1.29, 1.82) is 0 Å². The zero-order valence-electron chi connectivity index (χ0n) is 15.5. The van der Waals surface area contributed by atoms with Crippen LogP contribution in [0.15, 0.2) is 48.5 Å². The van der Waals surface area contributed by atoms with Crippen molar-refractivity contribution in [3.63, 3.8) is 0 Å². The van der Waals surface area contributed by atoms with Crippen LogP contribution in [0.2, 0.25) is 0 Å². The second kappa shape index (κ2) is 8.75. The van der Waals surface area contributed by atoms with Gasteiger partial charge in [0.2, 0.25) is 0 Å². The largest absolute Gasteiger partial charge is 0.491 e. The van der Waals surface area contributed by atoms with Crippen LogP contribution in [0.3, 0.4) is 0 Å². The van der Waals surface area contributed by atoms with E-state index in [2.05, 4.69) is 11.4 Å². The van der Waals surface area contributed by atoms with Crippen molar-refractivity contribution in [2.24, 2.45) is 0 Å². The zero-order valence-corrected chi connectivity index (χ0v) is 15.5. The van der Waals surface area contributed by atoms with Gasteiger partial charge in [0.15, 0.2) is 6.10 Å². The van der Waals surface area contributed by atoms with Crippen molar-refractivity contribution in [3.8, 4) is 11.5 Å². The Morgan fingerprint density at radius 2 is 1.81 bits per heavy atom. The molecule has 4 heteroatoms. The van der Waals surface area contributed by atoms with Crippen molar-refractivity contribution in [2.75, 3.05) is 6.61 Å². The van der Waals surface area contributed by atoms with Crippen molar-refractivity contribution < 1.29 is 14.3 Å². The van der Waals surface area contributed by atoms with Crippen LogP contribution >= 0.6 is 0 Å². The molecule has 0 unspecified atom stereocenters. The minimum absolute atomic E-state index is 0.0987. The Balaban J connectivity index is 1.51. The third kappa shape index (κ3) is 4.78. The highest BCUT2D eigenvalue weighted by Crippen LogP contribution is 2.30. The summed E-state index contributed by atoms with van der Waals surface area (Å²) in [6.45, 7) is 4.14. The fourth-order valence-electron chi connectivity index (χ4n) is 3.24. The van der Waals surface area contributed by atoms with E-state index in [-0.39, 0.29) is 11.9 Å². The number of rotatable bonds is 7. The van der Waals surface area contributed by atoms with E-state index < -0.39 is 6.10 Å². The number of benzene rings is 2. The molecule has 0 aromatic heterocycles. The molecular weight excluding hydrogens is 326 g/mol. The van der Waals surface area contributed by atoms with Crippen LogP contribution < -0.4 is 14.8 Å². The summed E-state index contributed by atoms with van der Waals surface area (Å²) >= 11 is 0. The number of hydrogen-bond donors (Lipinski definition) is 1. The third-order valence-electron chi connectivity index (χ3n) is 4.66. The molecule has 0 heterocycles. The molecule has 1 N–H and O–H groups in total. The highest BCUT2D eigenvalue weighted by atomic mass is 16.5. The van der Waals surface area contributed by atoms with E-state index >= 15 is 0 Å². The first-order chi connectivity index (χ1) is 12.6. The van der Waals surface area contributed by atoms with Gasteiger partial charge < -0.3 is 14.8 Å². The van der Waals surface area contributed by atoms with Gasteiger partial charge in [0.05, 0.1) is 6.04 Å². The Morgan fingerprint density at radius 3 is 2.62 bits per heavy atom. The summed E-state index contributed by atoms with van der Waals surface area (Å²) in [5, 5.41) is 2.96. The molecule has 1 aliphatic carbocycles.